The maximum Gasteiger partial charge on any atom is 0.422 e. The summed E-state index contributed by atoms with van der Waals surface area (Å²) >= 11 is 0. The van der Waals surface area contributed by atoms with Crippen molar-refractivity contribution < 1.29 is 32.2 Å². The van der Waals surface area contributed by atoms with Crippen LogP contribution in [0.1, 0.15) is 27.9 Å². The zero-order valence-electron chi connectivity index (χ0n) is 17.1. The Morgan fingerprint density at radius 3 is 2.32 bits per heavy atom. The Balaban J connectivity index is 1.79. The number of amides is 2. The number of nitrogens with zero attached hydrogens (tertiary/aromatic N) is 1. The average molecular weight is 437 g/mol. The van der Waals surface area contributed by atoms with Crippen LogP contribution in [0.3, 0.4) is 0 Å². The smallest absolute Gasteiger partial charge is 0.422 e. The highest BCUT2D eigenvalue weighted by atomic mass is 19.4. The second-order valence-corrected chi connectivity index (χ2v) is 7.27. The van der Waals surface area contributed by atoms with Crippen LogP contribution in [0.4, 0.5) is 23.7 Å². The van der Waals surface area contributed by atoms with E-state index in [9.17, 15) is 22.8 Å². The maximum atomic E-state index is 13.3. The van der Waals surface area contributed by atoms with Gasteiger partial charge in [-0.3, -0.25) is 0 Å². The molecule has 6 nitrogen and oxygen atoms in total. The number of hydrogen-bond donors (Lipinski definition) is 1. The number of hydrogen-bond acceptors (Lipinski definition) is 4. The first-order valence-corrected chi connectivity index (χ1v) is 9.84. The van der Waals surface area contributed by atoms with Gasteiger partial charge in [0.2, 0.25) is 0 Å². The van der Waals surface area contributed by atoms with Crippen LogP contribution in [-0.2, 0) is 22.2 Å². The Labute approximate surface area is 178 Å². The fourth-order valence-electron chi connectivity index (χ4n) is 3.59. The van der Waals surface area contributed by atoms with Gasteiger partial charge in [-0.25, -0.2) is 14.1 Å². The summed E-state index contributed by atoms with van der Waals surface area (Å²) in [4.78, 5) is 24.8. The minimum absolute atomic E-state index is 0.140. The number of alkyl halides is 3. The highest BCUT2D eigenvalue weighted by Crippen LogP contribution is 2.33. The van der Waals surface area contributed by atoms with Gasteiger partial charge in [-0.1, -0.05) is 12.1 Å². The number of urea groups is 1. The molecule has 3 rings (SSSR count). The molecule has 31 heavy (non-hydrogen) atoms. The topological polar surface area (TPSA) is 64.6 Å². The van der Waals surface area contributed by atoms with Crippen molar-refractivity contribution in [3.63, 3.8) is 0 Å². The van der Waals surface area contributed by atoms with Gasteiger partial charge in [0.15, 0.2) is 0 Å². The molecule has 1 heterocycles. The molecule has 0 spiro atoms. The number of rotatable bonds is 4. The third-order valence-electron chi connectivity index (χ3n) is 5.34. The number of quaternary nitrogens is 1. The van der Waals surface area contributed by atoms with E-state index in [4.69, 9.17) is 4.74 Å². The summed E-state index contributed by atoms with van der Waals surface area (Å²) in [5, 5.41) is 2.88. The zero-order valence-corrected chi connectivity index (χ0v) is 17.1. The molecular formula is C22H24F3N2O4+. The molecule has 0 saturated carbocycles. The first kappa shape index (κ1) is 22.8. The van der Waals surface area contributed by atoms with Crippen LogP contribution in [0.2, 0.25) is 0 Å². The second-order valence-electron chi connectivity index (χ2n) is 7.27. The number of benzene rings is 2. The van der Waals surface area contributed by atoms with E-state index in [1.54, 1.807) is 24.3 Å². The van der Waals surface area contributed by atoms with Gasteiger partial charge in [-0.15, -0.1) is 0 Å². The number of carbonyl (C=O) groups is 2. The number of halogens is 3. The summed E-state index contributed by atoms with van der Waals surface area (Å²) in [7, 11) is 1.30. The van der Waals surface area contributed by atoms with Crippen LogP contribution in [0.15, 0.2) is 48.5 Å². The lowest BCUT2D eigenvalue weighted by Crippen LogP contribution is -2.59. The van der Waals surface area contributed by atoms with Crippen LogP contribution in [-0.4, -0.2) is 45.4 Å². The summed E-state index contributed by atoms with van der Waals surface area (Å²) in [5.41, 5.74) is 0.900. The Hall–Kier alpha value is -2.91. The fraction of sp³-hybridized carbons (Fsp3) is 0.364. The van der Waals surface area contributed by atoms with Gasteiger partial charge in [-0.2, -0.15) is 13.2 Å². The number of ether oxygens (including phenoxy) is 2. The third-order valence-corrected chi connectivity index (χ3v) is 5.34. The summed E-state index contributed by atoms with van der Waals surface area (Å²) in [6.07, 6.45) is -3.84. The number of nitrogens with one attached hydrogen (secondary N) is 1. The molecule has 1 fully saturated rings. The molecule has 1 aliphatic heterocycles. The average Bonchev–Trinajstić information content (AvgIpc) is 3.04. The van der Waals surface area contributed by atoms with E-state index in [0.29, 0.717) is 44.0 Å². The molecule has 0 aromatic heterocycles. The van der Waals surface area contributed by atoms with Gasteiger partial charge in [0.05, 0.1) is 38.0 Å². The summed E-state index contributed by atoms with van der Waals surface area (Å²) in [6, 6.07) is 11.0. The molecule has 1 unspecified atom stereocenters. The van der Waals surface area contributed by atoms with Crippen molar-refractivity contribution in [1.29, 1.82) is 0 Å². The van der Waals surface area contributed by atoms with E-state index >= 15 is 0 Å². The molecule has 2 aromatic carbocycles. The van der Waals surface area contributed by atoms with E-state index in [1.165, 1.54) is 19.2 Å². The normalized spacial score (nSPS) is 19.4. The van der Waals surface area contributed by atoms with Gasteiger partial charge < -0.3 is 14.8 Å². The number of esters is 1. The van der Waals surface area contributed by atoms with Gasteiger partial charge >= 0.3 is 18.2 Å². The van der Waals surface area contributed by atoms with Crippen LogP contribution >= 0.6 is 0 Å². The molecule has 9 heteroatoms. The fourth-order valence-corrected chi connectivity index (χ4v) is 3.59. The lowest BCUT2D eigenvalue weighted by Gasteiger charge is -2.33. The van der Waals surface area contributed by atoms with Crippen molar-refractivity contribution in [3.05, 3.63) is 65.2 Å². The molecule has 0 radical (unpaired) electrons. The van der Waals surface area contributed by atoms with E-state index in [0.717, 1.165) is 17.7 Å². The zero-order chi connectivity index (χ0) is 22.5. The van der Waals surface area contributed by atoms with E-state index in [-0.39, 0.29) is 17.1 Å². The molecule has 2 amide bonds. The first-order valence-electron chi connectivity index (χ1n) is 9.84. The summed E-state index contributed by atoms with van der Waals surface area (Å²) in [6.45, 7) is 1.75. The van der Waals surface area contributed by atoms with Crippen molar-refractivity contribution in [1.82, 2.24) is 9.80 Å². The van der Waals surface area contributed by atoms with Crippen LogP contribution < -0.4 is 9.80 Å². The quantitative estimate of drug-likeness (QED) is 0.577. The van der Waals surface area contributed by atoms with Crippen LogP contribution in [0.5, 0.6) is 0 Å². The second kappa shape index (κ2) is 9.49. The van der Waals surface area contributed by atoms with Gasteiger partial charge in [0.25, 0.3) is 0 Å². The highest BCUT2D eigenvalue weighted by molar-refractivity contribution is 5.89. The molecule has 0 aliphatic carbocycles. The third kappa shape index (κ3) is 5.23. The summed E-state index contributed by atoms with van der Waals surface area (Å²) < 4.78 is 48.9. The SMILES string of the molecule is COC(=O)c1ccc(CNC(=O)[N+]2(c3ccc(C(F)(F)F)cc3)CCCOCC2)cc1. The van der Waals surface area contributed by atoms with Crippen molar-refractivity contribution in [2.75, 3.05) is 33.4 Å². The molecule has 1 aliphatic rings. The standard InChI is InChI=1S/C22H23F3N2O4/c1-30-20(28)17-5-3-16(4-6-17)15-26-21(29)27(11-2-13-31-14-12-27)19-9-7-18(8-10-19)22(23,24)25/h3-10H,2,11-15H2,1H3/p+1. The maximum absolute atomic E-state index is 13.3. The molecule has 1 atom stereocenters. The molecule has 166 valence electrons. The van der Waals surface area contributed by atoms with Gasteiger partial charge in [0, 0.05) is 25.1 Å². The summed E-state index contributed by atoms with van der Waals surface area (Å²) in [5.74, 6) is -0.452. The van der Waals surface area contributed by atoms with Gasteiger partial charge in [0.1, 0.15) is 12.2 Å². The predicted molar refractivity (Wildman–Crippen MR) is 108 cm³/mol. The monoisotopic (exact) mass is 437 g/mol. The molecule has 1 saturated heterocycles. The van der Waals surface area contributed by atoms with E-state index in [1.807, 2.05) is 0 Å². The van der Waals surface area contributed by atoms with Crippen molar-refractivity contribution in [2.24, 2.45) is 0 Å². The Morgan fingerprint density at radius 2 is 1.71 bits per heavy atom. The number of carbonyl (C=O) groups excluding carboxylic acids is 2. The molecule has 1 N–H and O–H groups in total. The lowest BCUT2D eigenvalue weighted by molar-refractivity contribution is -0.137. The van der Waals surface area contributed by atoms with Crippen molar-refractivity contribution >= 4 is 17.7 Å². The van der Waals surface area contributed by atoms with E-state index in [2.05, 4.69) is 10.1 Å². The van der Waals surface area contributed by atoms with Crippen LogP contribution in [0, 0.1) is 0 Å². The Kier molecular flexibility index (Phi) is 6.97. The largest absolute Gasteiger partial charge is 0.465 e. The minimum atomic E-state index is -4.44. The van der Waals surface area contributed by atoms with Gasteiger partial charge in [-0.05, 0) is 29.8 Å². The molecular weight excluding hydrogens is 413 g/mol. The number of methoxy groups -OCH3 is 1. The Bertz CT molecular complexity index is 904. The van der Waals surface area contributed by atoms with Crippen LogP contribution in [0.25, 0.3) is 0 Å². The first-order chi connectivity index (χ1) is 14.8. The van der Waals surface area contributed by atoms with Crippen molar-refractivity contribution in [3.8, 4) is 0 Å². The minimum Gasteiger partial charge on any atom is -0.465 e. The van der Waals surface area contributed by atoms with E-state index < -0.39 is 17.7 Å². The Morgan fingerprint density at radius 1 is 1.03 bits per heavy atom. The molecule has 0 bridgehead atoms. The highest BCUT2D eigenvalue weighted by Gasteiger charge is 2.41. The predicted octanol–water partition coefficient (Wildman–Crippen LogP) is 4.13. The van der Waals surface area contributed by atoms with Crippen molar-refractivity contribution in [2.45, 2.75) is 19.1 Å². The molecule has 2 aromatic rings. The lowest BCUT2D eigenvalue weighted by atomic mass is 10.1.